The van der Waals surface area contributed by atoms with Gasteiger partial charge in [-0.15, -0.1) is 0 Å². The number of aryl methyl sites for hydroxylation is 1. The van der Waals surface area contributed by atoms with Crippen LogP contribution in [0.4, 0.5) is 0 Å². The van der Waals surface area contributed by atoms with Gasteiger partial charge in [-0.25, -0.2) is 9.31 Å². The fourth-order valence-corrected chi connectivity index (χ4v) is 2.60. The number of benzene rings is 1. The molecule has 0 bridgehead atoms. The van der Waals surface area contributed by atoms with Crippen LogP contribution in [0.1, 0.15) is 36.8 Å². The fourth-order valence-electron chi connectivity index (χ4n) is 2.60. The summed E-state index contributed by atoms with van der Waals surface area (Å²) in [6.07, 6.45) is 1.18. The van der Waals surface area contributed by atoms with E-state index in [-0.39, 0.29) is 16.7 Å². The van der Waals surface area contributed by atoms with E-state index in [4.69, 9.17) is 4.84 Å². The molecule has 1 aromatic carbocycles. The van der Waals surface area contributed by atoms with Crippen molar-refractivity contribution in [2.45, 2.75) is 6.92 Å². The fraction of sp³-hybridized carbons (Fsp3) is 0.0625. The number of rotatable bonds is 2. The number of amides is 2. The Labute approximate surface area is 139 Å². The van der Waals surface area contributed by atoms with Crippen LogP contribution in [0.25, 0.3) is 5.65 Å². The Balaban J connectivity index is 1.67. The van der Waals surface area contributed by atoms with Gasteiger partial charge < -0.3 is 9.82 Å². The van der Waals surface area contributed by atoms with Gasteiger partial charge in [-0.1, -0.05) is 17.2 Å². The quantitative estimate of drug-likeness (QED) is 0.688. The smallest absolute Gasteiger partial charge is 0.324 e. The molecule has 9 heteroatoms. The third kappa shape index (κ3) is 2.21. The third-order valence-electron chi connectivity index (χ3n) is 3.75. The first-order valence-corrected chi connectivity index (χ1v) is 7.25. The summed E-state index contributed by atoms with van der Waals surface area (Å²) in [5.41, 5.74) is 0.210. The molecule has 1 aliphatic heterocycles. The molecule has 3 heterocycles. The van der Waals surface area contributed by atoms with Crippen LogP contribution in [0.15, 0.2) is 41.3 Å². The van der Waals surface area contributed by atoms with Crippen LogP contribution in [-0.4, -0.2) is 37.4 Å². The van der Waals surface area contributed by atoms with Crippen LogP contribution in [0.2, 0.25) is 0 Å². The molecule has 0 unspecified atom stereocenters. The largest absolute Gasteiger partial charge is 0.371 e. The molecular formula is C16H10N4O5. The summed E-state index contributed by atoms with van der Waals surface area (Å²) >= 11 is 0. The minimum absolute atomic E-state index is 0.132. The number of nitrogens with one attached hydrogen (secondary N) is 1. The second-order valence-electron chi connectivity index (χ2n) is 5.44. The predicted molar refractivity (Wildman–Crippen MR) is 82.9 cm³/mol. The number of hydrogen-bond donors (Lipinski definition) is 1. The lowest BCUT2D eigenvalue weighted by atomic mass is 10.1. The Morgan fingerprint density at radius 3 is 2.40 bits per heavy atom. The molecule has 0 radical (unpaired) electrons. The Kier molecular flexibility index (Phi) is 3.04. The van der Waals surface area contributed by atoms with Crippen molar-refractivity contribution >= 4 is 23.4 Å². The molecule has 9 nitrogen and oxygen atoms in total. The molecule has 0 aliphatic carbocycles. The van der Waals surface area contributed by atoms with Gasteiger partial charge in [0.15, 0.2) is 0 Å². The summed E-state index contributed by atoms with van der Waals surface area (Å²) in [5, 5.41) is 4.43. The summed E-state index contributed by atoms with van der Waals surface area (Å²) in [6.45, 7) is 1.72. The molecule has 124 valence electrons. The minimum Gasteiger partial charge on any atom is -0.324 e. The number of carbonyl (C=O) groups excluding carboxylic acids is 3. The van der Waals surface area contributed by atoms with Crippen molar-refractivity contribution in [1.29, 1.82) is 0 Å². The molecule has 1 N–H and O–H groups in total. The third-order valence-corrected chi connectivity index (χ3v) is 3.75. The number of nitrogens with zero attached hydrogens (tertiary/aromatic N) is 3. The predicted octanol–water partition coefficient (Wildman–Crippen LogP) is 0.699. The Morgan fingerprint density at radius 1 is 1.12 bits per heavy atom. The van der Waals surface area contributed by atoms with Crippen LogP contribution in [-0.2, 0) is 4.84 Å². The first kappa shape index (κ1) is 14.8. The van der Waals surface area contributed by atoms with Crippen LogP contribution in [0, 0.1) is 6.92 Å². The van der Waals surface area contributed by atoms with Crippen molar-refractivity contribution in [2.75, 3.05) is 0 Å². The minimum atomic E-state index is -1.13. The number of fused-ring (bicyclic) bond motifs is 2. The van der Waals surface area contributed by atoms with E-state index < -0.39 is 23.3 Å². The highest BCUT2D eigenvalue weighted by atomic mass is 16.7. The standard InChI is InChI=1S/C16H10N4O5/c1-8-6-12-17-13(21)11(7-19(12)18-8)16(24)25-20-14(22)9-4-2-3-5-10(9)15(20)23/h2-7H,1H3,(H,17,21). The zero-order chi connectivity index (χ0) is 17.7. The number of aromatic amines is 1. The number of imide groups is 1. The van der Waals surface area contributed by atoms with Crippen molar-refractivity contribution < 1.29 is 19.2 Å². The van der Waals surface area contributed by atoms with E-state index in [1.165, 1.54) is 22.8 Å². The van der Waals surface area contributed by atoms with Crippen molar-refractivity contribution in [3.63, 3.8) is 0 Å². The molecule has 0 saturated carbocycles. The lowest BCUT2D eigenvalue weighted by Crippen LogP contribution is -2.34. The molecule has 4 rings (SSSR count). The van der Waals surface area contributed by atoms with Crippen LogP contribution in [0.5, 0.6) is 0 Å². The molecule has 1 aliphatic rings. The zero-order valence-corrected chi connectivity index (χ0v) is 12.8. The Morgan fingerprint density at radius 2 is 1.76 bits per heavy atom. The number of hydroxylamine groups is 2. The maximum atomic E-state index is 12.3. The van der Waals surface area contributed by atoms with Gasteiger partial charge in [0.2, 0.25) is 0 Å². The first-order valence-electron chi connectivity index (χ1n) is 7.25. The maximum Gasteiger partial charge on any atom is 0.371 e. The van der Waals surface area contributed by atoms with Gasteiger partial charge in [-0.2, -0.15) is 5.10 Å². The average molecular weight is 338 g/mol. The topological polar surface area (TPSA) is 114 Å². The van der Waals surface area contributed by atoms with Gasteiger partial charge in [0.05, 0.1) is 23.0 Å². The summed E-state index contributed by atoms with van der Waals surface area (Å²) in [6, 6.07) is 7.71. The second kappa shape index (κ2) is 5.13. The van der Waals surface area contributed by atoms with E-state index in [2.05, 4.69) is 10.1 Å². The Hall–Kier alpha value is -3.75. The van der Waals surface area contributed by atoms with Gasteiger partial charge in [0, 0.05) is 6.07 Å². The van der Waals surface area contributed by atoms with E-state index in [1.807, 2.05) is 0 Å². The molecule has 25 heavy (non-hydrogen) atoms. The summed E-state index contributed by atoms with van der Waals surface area (Å²) in [5.74, 6) is -2.66. The summed E-state index contributed by atoms with van der Waals surface area (Å²) in [4.78, 5) is 56.1. The second-order valence-corrected chi connectivity index (χ2v) is 5.44. The van der Waals surface area contributed by atoms with Crippen molar-refractivity contribution in [2.24, 2.45) is 0 Å². The molecule has 0 saturated heterocycles. The molecule has 3 aromatic rings. The molecule has 0 atom stereocenters. The summed E-state index contributed by atoms with van der Waals surface area (Å²) < 4.78 is 1.30. The molecule has 2 aromatic heterocycles. The van der Waals surface area contributed by atoms with E-state index >= 15 is 0 Å². The van der Waals surface area contributed by atoms with E-state index in [0.29, 0.717) is 16.4 Å². The maximum absolute atomic E-state index is 12.3. The zero-order valence-electron chi connectivity index (χ0n) is 12.8. The first-order chi connectivity index (χ1) is 12.0. The van der Waals surface area contributed by atoms with E-state index in [0.717, 1.165) is 0 Å². The van der Waals surface area contributed by atoms with Gasteiger partial charge in [0.25, 0.3) is 17.4 Å². The van der Waals surface area contributed by atoms with Crippen LogP contribution >= 0.6 is 0 Å². The molecular weight excluding hydrogens is 328 g/mol. The van der Waals surface area contributed by atoms with Crippen LogP contribution in [0.3, 0.4) is 0 Å². The highest BCUT2D eigenvalue weighted by Crippen LogP contribution is 2.23. The molecule has 0 spiro atoms. The molecule has 0 fully saturated rings. The van der Waals surface area contributed by atoms with Gasteiger partial charge in [0.1, 0.15) is 11.2 Å². The number of aromatic nitrogens is 3. The monoisotopic (exact) mass is 338 g/mol. The lowest BCUT2D eigenvalue weighted by Gasteiger charge is -2.12. The Bertz CT molecular complexity index is 1090. The molecule has 2 amide bonds. The number of carbonyl (C=O) groups is 3. The highest BCUT2D eigenvalue weighted by molar-refractivity contribution is 6.21. The van der Waals surface area contributed by atoms with E-state index in [1.54, 1.807) is 25.1 Å². The van der Waals surface area contributed by atoms with Crippen molar-refractivity contribution in [3.8, 4) is 0 Å². The van der Waals surface area contributed by atoms with Gasteiger partial charge >= 0.3 is 5.97 Å². The van der Waals surface area contributed by atoms with Gasteiger partial charge in [-0.3, -0.25) is 14.4 Å². The van der Waals surface area contributed by atoms with Crippen molar-refractivity contribution in [1.82, 2.24) is 19.7 Å². The lowest BCUT2D eigenvalue weighted by molar-refractivity contribution is -0.0586. The van der Waals surface area contributed by atoms with Crippen LogP contribution < -0.4 is 5.56 Å². The summed E-state index contributed by atoms with van der Waals surface area (Å²) in [7, 11) is 0. The van der Waals surface area contributed by atoms with Gasteiger partial charge in [-0.05, 0) is 19.1 Å². The number of hydrogen-bond acceptors (Lipinski definition) is 6. The number of H-pyrrole nitrogens is 1. The van der Waals surface area contributed by atoms with E-state index in [9.17, 15) is 19.2 Å². The normalized spacial score (nSPS) is 13.4. The van der Waals surface area contributed by atoms with Crippen molar-refractivity contribution in [3.05, 3.63) is 69.3 Å². The average Bonchev–Trinajstić information content (AvgIpc) is 3.06. The SMILES string of the molecule is Cc1cc2[nH]c(=O)c(C(=O)ON3C(=O)c4ccccc4C3=O)cn2n1. The highest BCUT2D eigenvalue weighted by Gasteiger charge is 2.39.